The minimum atomic E-state index is -0.295. The molecule has 2 heterocycles. The normalized spacial score (nSPS) is 19.2. The van der Waals surface area contributed by atoms with Crippen LogP contribution in [0.2, 0.25) is 0 Å². The van der Waals surface area contributed by atoms with E-state index >= 15 is 0 Å². The zero-order valence-electron chi connectivity index (χ0n) is 15.7. The first-order valence-corrected chi connectivity index (χ1v) is 9.36. The van der Waals surface area contributed by atoms with Crippen LogP contribution in [0, 0.1) is 11.8 Å². The molecular weight excluding hydrogens is 330 g/mol. The molecule has 0 aliphatic carbocycles. The summed E-state index contributed by atoms with van der Waals surface area (Å²) >= 11 is 0. The van der Waals surface area contributed by atoms with Crippen molar-refractivity contribution in [3.63, 3.8) is 0 Å². The topological polar surface area (TPSA) is 69.7 Å². The van der Waals surface area contributed by atoms with E-state index in [1.165, 1.54) is 0 Å². The first-order chi connectivity index (χ1) is 12.4. The van der Waals surface area contributed by atoms with Gasteiger partial charge in [-0.1, -0.05) is 13.8 Å². The fourth-order valence-corrected chi connectivity index (χ4v) is 3.64. The fourth-order valence-electron chi connectivity index (χ4n) is 3.64. The van der Waals surface area contributed by atoms with Gasteiger partial charge in [-0.3, -0.25) is 14.4 Å². The maximum atomic E-state index is 12.4. The SMILES string of the molecule is CC(=O)N1CCc2cc(N3C[C@@H](C(=O)NCCC(C)C)CC3=O)ccc21. The Morgan fingerprint density at radius 1 is 1.31 bits per heavy atom. The molecule has 1 aromatic carbocycles. The Bertz CT molecular complexity index is 729. The predicted molar refractivity (Wildman–Crippen MR) is 101 cm³/mol. The third-order valence-corrected chi connectivity index (χ3v) is 5.17. The van der Waals surface area contributed by atoms with E-state index in [-0.39, 0.29) is 30.1 Å². The number of rotatable bonds is 5. The molecular formula is C20H27N3O3. The molecule has 0 unspecified atom stereocenters. The van der Waals surface area contributed by atoms with Gasteiger partial charge in [-0.25, -0.2) is 0 Å². The molecule has 0 radical (unpaired) electrons. The fraction of sp³-hybridized carbons (Fsp3) is 0.550. The van der Waals surface area contributed by atoms with Crippen LogP contribution in [-0.2, 0) is 20.8 Å². The Morgan fingerprint density at radius 3 is 2.77 bits per heavy atom. The monoisotopic (exact) mass is 357 g/mol. The summed E-state index contributed by atoms with van der Waals surface area (Å²) in [4.78, 5) is 39.9. The van der Waals surface area contributed by atoms with Crippen LogP contribution >= 0.6 is 0 Å². The minimum absolute atomic E-state index is 0.0182. The summed E-state index contributed by atoms with van der Waals surface area (Å²) in [6.45, 7) is 7.56. The van der Waals surface area contributed by atoms with Crippen molar-refractivity contribution in [2.45, 2.75) is 40.0 Å². The number of amides is 3. The number of fused-ring (bicyclic) bond motifs is 1. The van der Waals surface area contributed by atoms with E-state index in [0.29, 0.717) is 25.6 Å². The molecule has 1 N–H and O–H groups in total. The zero-order valence-corrected chi connectivity index (χ0v) is 15.7. The van der Waals surface area contributed by atoms with Gasteiger partial charge in [0.2, 0.25) is 17.7 Å². The quantitative estimate of drug-likeness (QED) is 0.877. The molecule has 0 bridgehead atoms. The lowest BCUT2D eigenvalue weighted by molar-refractivity contribution is -0.126. The second-order valence-corrected chi connectivity index (χ2v) is 7.61. The standard InChI is InChI=1S/C20H27N3O3/c1-13(2)6-8-21-20(26)16-11-19(25)23(12-16)17-4-5-18-15(10-17)7-9-22(18)14(3)24/h4-5,10,13,16H,6-9,11-12H2,1-3H3,(H,21,26)/t16-/m0/s1. The number of carbonyl (C=O) groups excluding carboxylic acids is 3. The van der Waals surface area contributed by atoms with Gasteiger partial charge in [0.05, 0.1) is 5.92 Å². The van der Waals surface area contributed by atoms with Crippen molar-refractivity contribution in [1.29, 1.82) is 0 Å². The highest BCUT2D eigenvalue weighted by Crippen LogP contribution is 2.34. The number of carbonyl (C=O) groups is 3. The van der Waals surface area contributed by atoms with E-state index in [9.17, 15) is 14.4 Å². The summed E-state index contributed by atoms with van der Waals surface area (Å²) in [6, 6.07) is 5.76. The van der Waals surface area contributed by atoms with Gasteiger partial charge in [0.15, 0.2) is 0 Å². The van der Waals surface area contributed by atoms with Crippen LogP contribution in [0.5, 0.6) is 0 Å². The molecule has 1 saturated heterocycles. The highest BCUT2D eigenvalue weighted by molar-refractivity contribution is 6.01. The molecule has 140 valence electrons. The summed E-state index contributed by atoms with van der Waals surface area (Å²) in [7, 11) is 0. The first-order valence-electron chi connectivity index (χ1n) is 9.36. The van der Waals surface area contributed by atoms with E-state index in [4.69, 9.17) is 0 Å². The molecule has 26 heavy (non-hydrogen) atoms. The van der Waals surface area contributed by atoms with Crippen LogP contribution in [0.15, 0.2) is 18.2 Å². The molecule has 6 heteroatoms. The molecule has 1 aromatic rings. The largest absolute Gasteiger partial charge is 0.356 e. The Kier molecular flexibility index (Phi) is 5.30. The average Bonchev–Trinajstić information content (AvgIpc) is 3.17. The minimum Gasteiger partial charge on any atom is -0.356 e. The van der Waals surface area contributed by atoms with Crippen molar-refractivity contribution in [2.24, 2.45) is 11.8 Å². The zero-order chi connectivity index (χ0) is 18.8. The highest BCUT2D eigenvalue weighted by atomic mass is 16.2. The van der Waals surface area contributed by atoms with Crippen LogP contribution in [0.4, 0.5) is 11.4 Å². The van der Waals surface area contributed by atoms with Crippen LogP contribution in [0.1, 0.15) is 39.2 Å². The summed E-state index contributed by atoms with van der Waals surface area (Å²) in [5.41, 5.74) is 2.82. The van der Waals surface area contributed by atoms with E-state index in [1.807, 2.05) is 18.2 Å². The van der Waals surface area contributed by atoms with Gasteiger partial charge in [0.25, 0.3) is 0 Å². The Morgan fingerprint density at radius 2 is 2.08 bits per heavy atom. The number of hydrogen-bond donors (Lipinski definition) is 1. The second-order valence-electron chi connectivity index (χ2n) is 7.61. The van der Waals surface area contributed by atoms with E-state index in [0.717, 1.165) is 29.8 Å². The summed E-state index contributed by atoms with van der Waals surface area (Å²) in [6.07, 6.45) is 1.99. The maximum Gasteiger partial charge on any atom is 0.227 e. The lowest BCUT2D eigenvalue weighted by Crippen LogP contribution is -2.33. The molecule has 0 saturated carbocycles. The molecule has 0 spiro atoms. The van der Waals surface area contributed by atoms with Crippen molar-refractivity contribution in [3.05, 3.63) is 23.8 Å². The molecule has 1 atom stereocenters. The molecule has 3 amide bonds. The Labute approximate surface area is 154 Å². The van der Waals surface area contributed by atoms with Gasteiger partial charge in [-0.05, 0) is 42.5 Å². The second kappa shape index (κ2) is 7.48. The van der Waals surface area contributed by atoms with Crippen molar-refractivity contribution in [3.8, 4) is 0 Å². The Balaban J connectivity index is 1.66. The van der Waals surface area contributed by atoms with Crippen LogP contribution < -0.4 is 15.1 Å². The molecule has 6 nitrogen and oxygen atoms in total. The molecule has 2 aliphatic rings. The summed E-state index contributed by atoms with van der Waals surface area (Å²) < 4.78 is 0. The van der Waals surface area contributed by atoms with Gasteiger partial charge in [0, 0.05) is 44.4 Å². The van der Waals surface area contributed by atoms with Gasteiger partial charge in [-0.15, -0.1) is 0 Å². The van der Waals surface area contributed by atoms with Crippen LogP contribution in [0.25, 0.3) is 0 Å². The maximum absolute atomic E-state index is 12.4. The van der Waals surface area contributed by atoms with Crippen molar-refractivity contribution in [2.75, 3.05) is 29.4 Å². The molecule has 0 aromatic heterocycles. The van der Waals surface area contributed by atoms with E-state index < -0.39 is 0 Å². The highest BCUT2D eigenvalue weighted by Gasteiger charge is 2.35. The number of nitrogens with zero attached hydrogens (tertiary/aromatic N) is 2. The number of nitrogens with one attached hydrogen (secondary N) is 1. The van der Waals surface area contributed by atoms with Crippen molar-refractivity contribution < 1.29 is 14.4 Å². The van der Waals surface area contributed by atoms with Crippen molar-refractivity contribution >= 4 is 29.1 Å². The van der Waals surface area contributed by atoms with Gasteiger partial charge in [0.1, 0.15) is 0 Å². The van der Waals surface area contributed by atoms with E-state index in [2.05, 4.69) is 19.2 Å². The summed E-state index contributed by atoms with van der Waals surface area (Å²) in [5, 5.41) is 2.95. The number of hydrogen-bond acceptors (Lipinski definition) is 3. The predicted octanol–water partition coefficient (Wildman–Crippen LogP) is 2.11. The number of anilines is 2. The lowest BCUT2D eigenvalue weighted by Gasteiger charge is -2.19. The van der Waals surface area contributed by atoms with Crippen molar-refractivity contribution in [1.82, 2.24) is 5.32 Å². The Hall–Kier alpha value is -2.37. The third-order valence-electron chi connectivity index (χ3n) is 5.17. The molecule has 3 rings (SSSR count). The molecule has 2 aliphatic heterocycles. The lowest BCUT2D eigenvalue weighted by atomic mass is 10.1. The van der Waals surface area contributed by atoms with Gasteiger partial charge >= 0.3 is 0 Å². The van der Waals surface area contributed by atoms with Gasteiger partial charge < -0.3 is 15.1 Å². The smallest absolute Gasteiger partial charge is 0.227 e. The van der Waals surface area contributed by atoms with Gasteiger partial charge in [-0.2, -0.15) is 0 Å². The summed E-state index contributed by atoms with van der Waals surface area (Å²) in [5.74, 6) is 0.224. The number of benzene rings is 1. The first kappa shape index (κ1) is 18.4. The molecule has 1 fully saturated rings. The van der Waals surface area contributed by atoms with Crippen LogP contribution in [0.3, 0.4) is 0 Å². The van der Waals surface area contributed by atoms with E-state index in [1.54, 1.807) is 16.7 Å². The average molecular weight is 357 g/mol. The third kappa shape index (κ3) is 3.74. The van der Waals surface area contributed by atoms with Crippen LogP contribution in [-0.4, -0.2) is 37.4 Å².